The monoisotopic (exact) mass is 503 g/mol. The van der Waals surface area contributed by atoms with Crippen LogP contribution in [-0.4, -0.2) is 54.0 Å². The zero-order valence-electron chi connectivity index (χ0n) is 19.7. The number of ether oxygens (including phenoxy) is 3. The van der Waals surface area contributed by atoms with Gasteiger partial charge in [-0.1, -0.05) is 6.07 Å². The number of amides is 1. The molecule has 2 heterocycles. The van der Waals surface area contributed by atoms with Crippen LogP contribution in [0.4, 0.5) is 8.78 Å². The lowest BCUT2D eigenvalue weighted by Crippen LogP contribution is -2.29. The first-order valence-electron chi connectivity index (χ1n) is 11.6. The Bertz CT molecular complexity index is 1290. The van der Waals surface area contributed by atoms with E-state index in [0.29, 0.717) is 18.6 Å². The highest BCUT2D eigenvalue weighted by Crippen LogP contribution is 2.27. The van der Waals surface area contributed by atoms with Gasteiger partial charge in [-0.15, -0.1) is 0 Å². The van der Waals surface area contributed by atoms with E-state index in [0.717, 1.165) is 18.9 Å². The average Bonchev–Trinajstić information content (AvgIpc) is 2.89. The predicted molar refractivity (Wildman–Crippen MR) is 126 cm³/mol. The number of nitrogens with one attached hydrogen (secondary N) is 2. The average molecular weight is 504 g/mol. The smallest absolute Gasteiger partial charge is 0.287 e. The molecule has 2 unspecified atom stereocenters. The summed E-state index contributed by atoms with van der Waals surface area (Å²) in [5.41, 5.74) is -0.0393. The molecular weight excluding hydrogens is 476 g/mol. The molecule has 3 N–H and O–H groups in total. The Morgan fingerprint density at radius 1 is 1.25 bits per heavy atom. The van der Waals surface area contributed by atoms with Crippen LogP contribution in [-0.2, 0) is 11.3 Å². The van der Waals surface area contributed by atoms with Crippen LogP contribution in [0, 0.1) is 17.6 Å². The van der Waals surface area contributed by atoms with E-state index in [1.807, 2.05) is 0 Å². The van der Waals surface area contributed by atoms with Gasteiger partial charge in [0.2, 0.25) is 0 Å². The Morgan fingerprint density at radius 3 is 2.78 bits per heavy atom. The van der Waals surface area contributed by atoms with Gasteiger partial charge in [0, 0.05) is 25.5 Å². The van der Waals surface area contributed by atoms with Gasteiger partial charge in [-0.2, -0.15) is 0 Å². The number of aromatic amines is 1. The summed E-state index contributed by atoms with van der Waals surface area (Å²) < 4.78 is 44.3. The molecule has 36 heavy (non-hydrogen) atoms. The maximum absolute atomic E-state index is 14.5. The Morgan fingerprint density at radius 2 is 2.06 bits per heavy atom. The molecule has 9 nitrogen and oxygen atoms in total. The second kappa shape index (κ2) is 11.4. The minimum absolute atomic E-state index is 0.0390. The Kier molecular flexibility index (Phi) is 8.11. The van der Waals surface area contributed by atoms with Crippen LogP contribution in [0.3, 0.4) is 0 Å². The van der Waals surface area contributed by atoms with Crippen molar-refractivity contribution >= 4 is 16.8 Å². The van der Waals surface area contributed by atoms with Crippen molar-refractivity contribution in [2.75, 3.05) is 26.9 Å². The highest BCUT2D eigenvalue weighted by Gasteiger charge is 2.22. The summed E-state index contributed by atoms with van der Waals surface area (Å²) in [6.07, 6.45) is 2.03. The number of aliphatic hydroxyl groups excluding tert-OH is 1. The summed E-state index contributed by atoms with van der Waals surface area (Å²) in [4.78, 5) is 31.9. The molecule has 0 bridgehead atoms. The van der Waals surface area contributed by atoms with Crippen LogP contribution in [0.15, 0.2) is 35.1 Å². The van der Waals surface area contributed by atoms with E-state index in [1.165, 1.54) is 31.4 Å². The number of carbonyl (C=O) groups is 1. The Hall–Kier alpha value is -3.57. The molecule has 3 aromatic rings. The lowest BCUT2D eigenvalue weighted by molar-refractivity contribution is -0.0378. The first-order valence-corrected chi connectivity index (χ1v) is 11.6. The lowest BCUT2D eigenvalue weighted by Gasteiger charge is -2.27. The van der Waals surface area contributed by atoms with Gasteiger partial charge in [0.15, 0.2) is 29.0 Å². The molecule has 1 saturated heterocycles. The van der Waals surface area contributed by atoms with Gasteiger partial charge in [-0.05, 0) is 42.7 Å². The van der Waals surface area contributed by atoms with Crippen molar-refractivity contribution in [2.45, 2.75) is 31.9 Å². The number of carbonyl (C=O) groups excluding carboxylic acids is 1. The van der Waals surface area contributed by atoms with E-state index < -0.39 is 23.1 Å². The van der Waals surface area contributed by atoms with Crippen molar-refractivity contribution in [3.63, 3.8) is 0 Å². The van der Waals surface area contributed by atoms with E-state index in [-0.39, 0.29) is 60.0 Å². The van der Waals surface area contributed by atoms with Crippen molar-refractivity contribution in [3.05, 3.63) is 63.7 Å². The second-order valence-electron chi connectivity index (χ2n) is 8.56. The number of methoxy groups -OCH3 is 1. The first-order chi connectivity index (χ1) is 17.4. The minimum atomic E-state index is -0.720. The Labute approximate surface area is 205 Å². The van der Waals surface area contributed by atoms with Gasteiger partial charge in [-0.3, -0.25) is 9.59 Å². The molecule has 192 valence electrons. The van der Waals surface area contributed by atoms with Crippen molar-refractivity contribution in [3.8, 4) is 11.5 Å². The molecule has 4 rings (SSSR count). The van der Waals surface area contributed by atoms with Gasteiger partial charge < -0.3 is 29.6 Å². The highest BCUT2D eigenvalue weighted by molar-refractivity contribution is 5.93. The molecule has 0 aliphatic carbocycles. The molecule has 2 aromatic carbocycles. The van der Waals surface area contributed by atoms with Gasteiger partial charge in [0.1, 0.15) is 5.39 Å². The quantitative estimate of drug-likeness (QED) is 0.410. The third kappa shape index (κ3) is 5.80. The third-order valence-electron chi connectivity index (χ3n) is 6.07. The molecule has 2 atom stereocenters. The van der Waals surface area contributed by atoms with Crippen molar-refractivity contribution in [1.82, 2.24) is 15.3 Å². The van der Waals surface area contributed by atoms with E-state index in [9.17, 15) is 23.5 Å². The third-order valence-corrected chi connectivity index (χ3v) is 6.07. The van der Waals surface area contributed by atoms with Crippen LogP contribution in [0.2, 0.25) is 0 Å². The number of hydrogen-bond donors (Lipinski definition) is 3. The number of aliphatic hydroxyl groups is 1. The van der Waals surface area contributed by atoms with Crippen molar-refractivity contribution < 1.29 is 32.9 Å². The van der Waals surface area contributed by atoms with Crippen LogP contribution in [0.25, 0.3) is 10.9 Å². The predicted octanol–water partition coefficient (Wildman–Crippen LogP) is 2.70. The summed E-state index contributed by atoms with van der Waals surface area (Å²) >= 11 is 0. The van der Waals surface area contributed by atoms with Gasteiger partial charge in [0.25, 0.3) is 11.5 Å². The van der Waals surface area contributed by atoms with Crippen LogP contribution >= 0.6 is 0 Å². The number of benzene rings is 2. The molecule has 1 aromatic heterocycles. The second-order valence-corrected chi connectivity index (χ2v) is 8.56. The molecule has 1 fully saturated rings. The number of fused-ring (bicyclic) bond motifs is 1. The molecule has 0 saturated carbocycles. The first kappa shape index (κ1) is 25.5. The van der Waals surface area contributed by atoms with Crippen LogP contribution < -0.4 is 20.3 Å². The van der Waals surface area contributed by atoms with Crippen LogP contribution in [0.1, 0.15) is 35.4 Å². The van der Waals surface area contributed by atoms with Crippen LogP contribution in [0.5, 0.6) is 11.5 Å². The highest BCUT2D eigenvalue weighted by atomic mass is 19.1. The molecule has 1 aliphatic rings. The maximum Gasteiger partial charge on any atom is 0.287 e. The van der Waals surface area contributed by atoms with Gasteiger partial charge >= 0.3 is 0 Å². The normalized spacial score (nSPS) is 17.7. The molecule has 1 aliphatic heterocycles. The number of halogens is 2. The van der Waals surface area contributed by atoms with Gasteiger partial charge in [0.05, 0.1) is 31.9 Å². The van der Waals surface area contributed by atoms with E-state index in [1.54, 1.807) is 0 Å². The summed E-state index contributed by atoms with van der Waals surface area (Å²) in [5, 5.41) is 11.7. The maximum atomic E-state index is 14.5. The van der Waals surface area contributed by atoms with E-state index in [2.05, 4.69) is 15.3 Å². The number of hydrogen-bond acceptors (Lipinski definition) is 7. The number of aromatic nitrogens is 2. The summed E-state index contributed by atoms with van der Waals surface area (Å²) in [7, 11) is 1.34. The molecule has 0 spiro atoms. The van der Waals surface area contributed by atoms with Crippen molar-refractivity contribution in [1.29, 1.82) is 0 Å². The lowest BCUT2D eigenvalue weighted by atomic mass is 9.98. The summed E-state index contributed by atoms with van der Waals surface area (Å²) in [6, 6.07) is 6.58. The molecule has 1 amide bonds. The molecule has 11 heteroatoms. The number of rotatable bonds is 9. The summed E-state index contributed by atoms with van der Waals surface area (Å²) in [6.45, 7) is 0.707. The summed E-state index contributed by atoms with van der Waals surface area (Å²) in [5.74, 6) is -2.24. The fourth-order valence-electron chi connectivity index (χ4n) is 4.03. The number of H-pyrrole nitrogens is 1. The SMILES string of the molecule is COc1cc(CNC(=O)c2nc3ccc(F)c(OCCC4CCC(CO)CO4)c3c(=O)[nH]2)ccc1F. The molecular formula is C25H27F2N3O6. The fraction of sp³-hybridized carbons (Fsp3) is 0.400. The standard InChI is InChI=1S/C25H27F2N3O6/c1-34-20-10-14(3-5-17(20)26)11-28-25(33)23-29-19-7-6-18(27)22(21(19)24(32)30-23)35-9-8-16-4-2-15(12-31)13-36-16/h3,5-7,10,15-16,31H,2,4,8-9,11-13H2,1H3,(H,28,33)(H,29,30,32). The Balaban J connectivity index is 1.44. The largest absolute Gasteiger partial charge is 0.494 e. The minimum Gasteiger partial charge on any atom is -0.494 e. The van der Waals surface area contributed by atoms with E-state index >= 15 is 0 Å². The van der Waals surface area contributed by atoms with Crippen molar-refractivity contribution in [2.24, 2.45) is 5.92 Å². The molecule has 0 radical (unpaired) electrons. The van der Waals surface area contributed by atoms with E-state index in [4.69, 9.17) is 14.2 Å². The van der Waals surface area contributed by atoms with Gasteiger partial charge in [-0.25, -0.2) is 13.8 Å². The zero-order valence-corrected chi connectivity index (χ0v) is 19.7. The topological polar surface area (TPSA) is 123 Å². The number of nitrogens with zero attached hydrogens (tertiary/aromatic N) is 1. The zero-order chi connectivity index (χ0) is 25.7. The fourth-order valence-corrected chi connectivity index (χ4v) is 4.03.